The second kappa shape index (κ2) is 6.42. The van der Waals surface area contributed by atoms with Crippen molar-refractivity contribution in [3.05, 3.63) is 69.5 Å². The molecular weight excluding hydrogens is 396 g/mol. The third-order valence-corrected chi connectivity index (χ3v) is 5.88. The number of hydrogen-bond acceptors (Lipinski definition) is 1. The van der Waals surface area contributed by atoms with E-state index < -0.39 is 0 Å². The van der Waals surface area contributed by atoms with Crippen molar-refractivity contribution in [1.29, 1.82) is 0 Å². The summed E-state index contributed by atoms with van der Waals surface area (Å²) < 4.78 is 2.52. The van der Waals surface area contributed by atoms with Gasteiger partial charge in [0, 0.05) is 14.5 Å². The minimum absolute atomic E-state index is 0.515. The highest BCUT2D eigenvalue weighted by Gasteiger charge is 2.13. The summed E-state index contributed by atoms with van der Waals surface area (Å²) in [6.07, 6.45) is 1.08. The maximum Gasteiger partial charge on any atom is 0.0345 e. The molecule has 20 heavy (non-hydrogen) atoms. The predicted molar refractivity (Wildman–Crippen MR) is 96.2 cm³/mol. The first-order valence-corrected chi connectivity index (χ1v) is 9.34. The first-order chi connectivity index (χ1) is 9.78. The molecule has 0 bridgehead atoms. The Hall–Kier alpha value is -0.640. The van der Waals surface area contributed by atoms with Crippen LogP contribution in [0.3, 0.4) is 0 Å². The molecule has 0 aliphatic rings. The first kappa shape index (κ1) is 14.3. The van der Waals surface area contributed by atoms with Gasteiger partial charge in [-0.15, -0.1) is 11.3 Å². The van der Waals surface area contributed by atoms with Gasteiger partial charge in [-0.05, 0) is 52.4 Å². The van der Waals surface area contributed by atoms with Crippen LogP contribution in [0.15, 0.2) is 58.4 Å². The number of fused-ring (bicyclic) bond motifs is 1. The molecule has 3 rings (SSSR count). The lowest BCUT2D eigenvalue weighted by Gasteiger charge is -2.14. The van der Waals surface area contributed by atoms with Crippen LogP contribution in [0.4, 0.5) is 0 Å². The molecule has 0 nitrogen and oxygen atoms in total. The predicted octanol–water partition coefficient (Wildman–Crippen LogP) is 6.39. The maximum absolute atomic E-state index is 3.67. The second-order valence-electron chi connectivity index (χ2n) is 4.86. The number of hydrogen-bond donors (Lipinski definition) is 0. The minimum atomic E-state index is 0.515. The Morgan fingerprint density at radius 3 is 2.50 bits per heavy atom. The van der Waals surface area contributed by atoms with Crippen LogP contribution in [0.1, 0.15) is 17.0 Å². The Morgan fingerprint density at radius 2 is 1.75 bits per heavy atom. The van der Waals surface area contributed by atoms with Crippen LogP contribution in [0.5, 0.6) is 0 Å². The van der Waals surface area contributed by atoms with Gasteiger partial charge in [-0.2, -0.15) is 0 Å². The van der Waals surface area contributed by atoms with Crippen molar-refractivity contribution in [2.45, 2.75) is 12.3 Å². The number of halogens is 2. The lowest BCUT2D eigenvalue weighted by molar-refractivity contribution is 0.781. The molecule has 1 atom stereocenters. The summed E-state index contributed by atoms with van der Waals surface area (Å²) in [4.78, 5) is 0. The molecule has 3 heteroatoms. The first-order valence-electron chi connectivity index (χ1n) is 6.54. The molecule has 0 radical (unpaired) electrons. The van der Waals surface area contributed by atoms with Crippen LogP contribution in [0, 0.1) is 0 Å². The van der Waals surface area contributed by atoms with Crippen LogP contribution < -0.4 is 0 Å². The van der Waals surface area contributed by atoms with E-state index in [4.69, 9.17) is 0 Å². The molecule has 1 aromatic heterocycles. The number of alkyl halides is 1. The van der Waals surface area contributed by atoms with E-state index in [9.17, 15) is 0 Å². The van der Waals surface area contributed by atoms with Gasteiger partial charge in [-0.25, -0.2) is 0 Å². The normalized spacial score (nSPS) is 12.7. The smallest absolute Gasteiger partial charge is 0.0345 e. The minimum Gasteiger partial charge on any atom is -0.144 e. The fourth-order valence-corrected chi connectivity index (χ4v) is 4.30. The lowest BCUT2D eigenvalue weighted by Crippen LogP contribution is -2.04. The molecule has 3 aromatic rings. The molecule has 0 aliphatic carbocycles. The van der Waals surface area contributed by atoms with E-state index in [1.54, 1.807) is 0 Å². The zero-order chi connectivity index (χ0) is 13.9. The van der Waals surface area contributed by atoms with Crippen molar-refractivity contribution in [3.63, 3.8) is 0 Å². The summed E-state index contributed by atoms with van der Waals surface area (Å²) in [7, 11) is 0. The van der Waals surface area contributed by atoms with E-state index in [-0.39, 0.29) is 0 Å². The molecule has 102 valence electrons. The summed E-state index contributed by atoms with van der Waals surface area (Å²) in [6.45, 7) is 0. The van der Waals surface area contributed by atoms with Crippen LogP contribution in [-0.4, -0.2) is 5.33 Å². The van der Waals surface area contributed by atoms with Crippen molar-refractivity contribution >= 4 is 53.3 Å². The van der Waals surface area contributed by atoms with Crippen molar-refractivity contribution in [3.8, 4) is 0 Å². The topological polar surface area (TPSA) is 0 Å². The highest BCUT2D eigenvalue weighted by Crippen LogP contribution is 2.31. The largest absolute Gasteiger partial charge is 0.144 e. The van der Waals surface area contributed by atoms with E-state index in [1.165, 1.54) is 21.2 Å². The number of thiophene rings is 1. The van der Waals surface area contributed by atoms with Gasteiger partial charge in [0.05, 0.1) is 0 Å². The fourth-order valence-electron chi connectivity index (χ4n) is 2.45. The van der Waals surface area contributed by atoms with Gasteiger partial charge in [0.15, 0.2) is 0 Å². The highest BCUT2D eigenvalue weighted by atomic mass is 79.9. The number of benzene rings is 2. The van der Waals surface area contributed by atoms with Crippen LogP contribution in [0.25, 0.3) is 10.1 Å². The maximum atomic E-state index is 3.67. The van der Waals surface area contributed by atoms with Gasteiger partial charge in [-0.3, -0.25) is 0 Å². The van der Waals surface area contributed by atoms with E-state index in [2.05, 4.69) is 85.8 Å². The summed E-state index contributed by atoms with van der Waals surface area (Å²) >= 11 is 9.01. The quantitative estimate of drug-likeness (QED) is 0.438. The molecule has 2 aromatic carbocycles. The van der Waals surface area contributed by atoms with E-state index in [0.29, 0.717) is 5.92 Å². The van der Waals surface area contributed by atoms with Crippen molar-refractivity contribution < 1.29 is 0 Å². The summed E-state index contributed by atoms with van der Waals surface area (Å²) in [5.41, 5.74) is 2.85. The van der Waals surface area contributed by atoms with E-state index >= 15 is 0 Å². The van der Waals surface area contributed by atoms with Crippen LogP contribution in [0.2, 0.25) is 0 Å². The third-order valence-electron chi connectivity index (χ3n) is 3.56. The molecule has 0 aliphatic heterocycles. The van der Waals surface area contributed by atoms with Crippen LogP contribution >= 0.6 is 43.2 Å². The molecule has 1 heterocycles. The number of rotatable bonds is 4. The summed E-state index contributed by atoms with van der Waals surface area (Å²) in [5.74, 6) is 0.515. The Balaban J connectivity index is 1.89. The van der Waals surface area contributed by atoms with Gasteiger partial charge in [0.25, 0.3) is 0 Å². The third kappa shape index (κ3) is 3.00. The Morgan fingerprint density at radius 1 is 1.00 bits per heavy atom. The standard InChI is InChI=1S/C17H14Br2S/c18-10-13(12-5-7-15(19)8-6-12)9-14-11-20-17-4-2-1-3-16(14)17/h1-8,11,13H,9-10H2. The molecular formula is C17H14Br2S. The SMILES string of the molecule is BrCC(Cc1csc2ccccc12)c1ccc(Br)cc1. The highest BCUT2D eigenvalue weighted by molar-refractivity contribution is 9.10. The van der Waals surface area contributed by atoms with Gasteiger partial charge < -0.3 is 0 Å². The molecule has 0 amide bonds. The fraction of sp³-hybridized carbons (Fsp3) is 0.176. The van der Waals surface area contributed by atoms with Crippen LogP contribution in [-0.2, 0) is 6.42 Å². The van der Waals surface area contributed by atoms with Crippen molar-refractivity contribution in [1.82, 2.24) is 0 Å². The second-order valence-corrected chi connectivity index (χ2v) is 7.34. The van der Waals surface area contributed by atoms with Gasteiger partial charge >= 0.3 is 0 Å². The zero-order valence-electron chi connectivity index (χ0n) is 10.9. The van der Waals surface area contributed by atoms with Gasteiger partial charge in [-0.1, -0.05) is 62.2 Å². The van der Waals surface area contributed by atoms with Gasteiger partial charge in [0.2, 0.25) is 0 Å². The Labute approximate surface area is 140 Å². The average molecular weight is 410 g/mol. The molecule has 0 N–H and O–H groups in total. The van der Waals surface area contributed by atoms with Crippen molar-refractivity contribution in [2.75, 3.05) is 5.33 Å². The van der Waals surface area contributed by atoms with E-state index in [0.717, 1.165) is 16.2 Å². The summed E-state index contributed by atoms with van der Waals surface area (Å²) in [6, 6.07) is 17.3. The van der Waals surface area contributed by atoms with E-state index in [1.807, 2.05) is 11.3 Å². The molecule has 0 saturated carbocycles. The molecule has 1 unspecified atom stereocenters. The molecule has 0 fully saturated rings. The summed E-state index contributed by atoms with van der Waals surface area (Å²) in [5, 5.41) is 4.69. The molecule has 0 spiro atoms. The van der Waals surface area contributed by atoms with Gasteiger partial charge in [0.1, 0.15) is 0 Å². The average Bonchev–Trinajstić information content (AvgIpc) is 2.89. The lowest BCUT2D eigenvalue weighted by atomic mass is 9.93. The monoisotopic (exact) mass is 408 g/mol. The Bertz CT molecular complexity index is 700. The zero-order valence-corrected chi connectivity index (χ0v) is 14.8. The Kier molecular flexibility index (Phi) is 4.59. The van der Waals surface area contributed by atoms with Crippen molar-refractivity contribution in [2.24, 2.45) is 0 Å². The molecule has 0 saturated heterocycles.